The summed E-state index contributed by atoms with van der Waals surface area (Å²) in [7, 11) is 0. The molecule has 6 heteroatoms. The molecule has 0 atom stereocenters. The average molecular weight is 232 g/mol. The predicted molar refractivity (Wildman–Crippen MR) is 55.9 cm³/mol. The summed E-state index contributed by atoms with van der Waals surface area (Å²) >= 11 is 0. The van der Waals surface area contributed by atoms with E-state index in [2.05, 4.69) is 0 Å². The highest BCUT2D eigenvalue weighted by atomic mass is 16.6. The monoisotopic (exact) mass is 232 g/mol. The van der Waals surface area contributed by atoms with Crippen LogP contribution in [-0.4, -0.2) is 33.7 Å². The van der Waals surface area contributed by atoms with Gasteiger partial charge in [0.1, 0.15) is 5.60 Å². The number of ether oxygens (including phenoxy) is 1. The van der Waals surface area contributed by atoms with Gasteiger partial charge in [0.2, 0.25) is 0 Å². The maximum absolute atomic E-state index is 10.2. The van der Waals surface area contributed by atoms with Crippen LogP contribution in [0, 0.1) is 0 Å². The highest BCUT2D eigenvalue weighted by molar-refractivity contribution is 5.89. The van der Waals surface area contributed by atoms with E-state index in [-0.39, 0.29) is 11.6 Å². The average Bonchev–Trinajstić information content (AvgIpc) is 1.96. The molecule has 0 aliphatic rings. The van der Waals surface area contributed by atoms with Crippen LogP contribution in [0.15, 0.2) is 12.2 Å². The normalized spacial score (nSPS) is 10.2. The smallest absolute Gasteiger partial charge is 0.328 e. The molecule has 0 aliphatic carbocycles. The summed E-state index contributed by atoms with van der Waals surface area (Å²) in [5.41, 5.74) is -0.328. The molecule has 0 rings (SSSR count). The Balaban J connectivity index is 0. The van der Waals surface area contributed by atoms with Crippen molar-refractivity contribution in [3.8, 4) is 0 Å². The molecule has 0 saturated heterocycles. The van der Waals surface area contributed by atoms with Crippen molar-refractivity contribution < 1.29 is 29.3 Å². The van der Waals surface area contributed by atoms with Gasteiger partial charge in [0.05, 0.1) is 0 Å². The van der Waals surface area contributed by atoms with Crippen LogP contribution in [0.4, 0.5) is 0 Å². The minimum absolute atomic E-state index is 0.225. The third kappa shape index (κ3) is 22.7. The van der Waals surface area contributed by atoms with Crippen LogP contribution < -0.4 is 0 Å². The Kier molecular flexibility index (Phi) is 7.71. The van der Waals surface area contributed by atoms with Gasteiger partial charge in [-0.05, 0) is 20.8 Å². The number of carbonyl (C=O) groups excluding carboxylic acids is 1. The topological polar surface area (TPSA) is 101 Å². The van der Waals surface area contributed by atoms with Crippen molar-refractivity contribution in [2.45, 2.75) is 33.3 Å². The maximum atomic E-state index is 10.2. The Bertz CT molecular complexity index is 268. The van der Waals surface area contributed by atoms with Crippen LogP contribution in [0.5, 0.6) is 0 Å². The first-order valence-electron chi connectivity index (χ1n) is 4.38. The summed E-state index contributed by atoms with van der Waals surface area (Å²) < 4.78 is 4.80. The second-order valence-corrected chi connectivity index (χ2v) is 3.72. The summed E-state index contributed by atoms with van der Waals surface area (Å²) in [4.78, 5) is 29.3. The molecule has 6 nitrogen and oxygen atoms in total. The van der Waals surface area contributed by atoms with E-state index in [1.165, 1.54) is 6.92 Å². The summed E-state index contributed by atoms with van der Waals surface area (Å²) in [6.45, 7) is 6.93. The van der Waals surface area contributed by atoms with Gasteiger partial charge in [-0.2, -0.15) is 0 Å². The summed E-state index contributed by atoms with van der Waals surface area (Å²) in [6.07, 6.45) is 1.12. The number of hydrogen-bond acceptors (Lipinski definition) is 4. The van der Waals surface area contributed by atoms with E-state index in [4.69, 9.17) is 14.9 Å². The van der Waals surface area contributed by atoms with Gasteiger partial charge in [0, 0.05) is 19.1 Å². The minimum Gasteiger partial charge on any atom is -0.478 e. The fourth-order valence-electron chi connectivity index (χ4n) is 0.574. The number of carboxylic acids is 2. The molecule has 0 heterocycles. The Hall–Kier alpha value is -1.85. The zero-order valence-electron chi connectivity index (χ0n) is 9.68. The number of hydrogen-bond donors (Lipinski definition) is 2. The first kappa shape index (κ1) is 16.6. The van der Waals surface area contributed by atoms with Gasteiger partial charge < -0.3 is 14.9 Å². The van der Waals surface area contributed by atoms with Crippen molar-refractivity contribution in [3.63, 3.8) is 0 Å². The van der Waals surface area contributed by atoms with Crippen molar-refractivity contribution in [2.75, 3.05) is 0 Å². The van der Waals surface area contributed by atoms with Crippen molar-refractivity contribution >= 4 is 17.9 Å². The van der Waals surface area contributed by atoms with Gasteiger partial charge >= 0.3 is 17.9 Å². The molecule has 2 N–H and O–H groups in total. The quantitative estimate of drug-likeness (QED) is 0.545. The molecule has 0 bridgehead atoms. The molecule has 0 aliphatic heterocycles. The highest BCUT2D eigenvalue weighted by Gasteiger charge is 2.11. The lowest BCUT2D eigenvalue weighted by Gasteiger charge is -2.17. The van der Waals surface area contributed by atoms with Crippen molar-refractivity contribution in [1.82, 2.24) is 0 Å². The van der Waals surface area contributed by atoms with E-state index in [1.54, 1.807) is 0 Å². The van der Waals surface area contributed by atoms with E-state index in [9.17, 15) is 14.4 Å². The van der Waals surface area contributed by atoms with E-state index in [0.717, 1.165) is 0 Å². The van der Waals surface area contributed by atoms with E-state index < -0.39 is 11.9 Å². The molecule has 0 saturated carbocycles. The summed E-state index contributed by atoms with van der Waals surface area (Å²) in [6, 6.07) is 0. The Morgan fingerprint density at radius 3 is 1.38 bits per heavy atom. The maximum Gasteiger partial charge on any atom is 0.328 e. The molecular weight excluding hydrogens is 216 g/mol. The van der Waals surface area contributed by atoms with E-state index in [0.29, 0.717) is 12.2 Å². The van der Waals surface area contributed by atoms with Crippen molar-refractivity contribution in [1.29, 1.82) is 0 Å². The molecule has 0 fully saturated rings. The SMILES string of the molecule is CC(=O)OC(C)(C)C.O=C(O)C=CC(=O)O. The van der Waals surface area contributed by atoms with Gasteiger partial charge in [0.25, 0.3) is 0 Å². The summed E-state index contributed by atoms with van der Waals surface area (Å²) in [5, 5.41) is 15.6. The Morgan fingerprint density at radius 1 is 1.00 bits per heavy atom. The number of carbonyl (C=O) groups is 3. The Morgan fingerprint density at radius 2 is 1.31 bits per heavy atom. The molecule has 92 valence electrons. The van der Waals surface area contributed by atoms with Crippen molar-refractivity contribution in [3.05, 3.63) is 12.2 Å². The fraction of sp³-hybridized carbons (Fsp3) is 0.500. The molecule has 0 amide bonds. The fourth-order valence-corrected chi connectivity index (χ4v) is 0.574. The lowest BCUT2D eigenvalue weighted by molar-refractivity contribution is -0.152. The summed E-state index contributed by atoms with van der Waals surface area (Å²) in [5.74, 6) is -2.74. The minimum atomic E-state index is -1.26. The highest BCUT2D eigenvalue weighted by Crippen LogP contribution is 2.05. The number of esters is 1. The third-order valence-corrected chi connectivity index (χ3v) is 0.818. The van der Waals surface area contributed by atoms with Crippen LogP contribution in [0.3, 0.4) is 0 Å². The van der Waals surface area contributed by atoms with E-state index >= 15 is 0 Å². The second kappa shape index (κ2) is 7.44. The first-order valence-corrected chi connectivity index (χ1v) is 4.38. The van der Waals surface area contributed by atoms with Gasteiger partial charge in [-0.1, -0.05) is 0 Å². The number of rotatable bonds is 2. The van der Waals surface area contributed by atoms with Crippen LogP contribution in [0.1, 0.15) is 27.7 Å². The van der Waals surface area contributed by atoms with Crippen LogP contribution in [-0.2, 0) is 19.1 Å². The van der Waals surface area contributed by atoms with Crippen LogP contribution in [0.25, 0.3) is 0 Å². The third-order valence-electron chi connectivity index (χ3n) is 0.818. The molecule has 0 aromatic rings. The first-order chi connectivity index (χ1) is 7.04. The molecular formula is C10H16O6. The number of carboxylic acid groups (broad SMARTS) is 2. The number of aliphatic carboxylic acids is 2. The molecule has 0 aromatic carbocycles. The molecule has 0 aromatic heterocycles. The molecule has 0 unspecified atom stereocenters. The Labute approximate surface area is 93.5 Å². The van der Waals surface area contributed by atoms with Crippen LogP contribution >= 0.6 is 0 Å². The predicted octanol–water partition coefficient (Wildman–Crippen LogP) is 1.06. The van der Waals surface area contributed by atoms with Crippen LogP contribution in [0.2, 0.25) is 0 Å². The van der Waals surface area contributed by atoms with E-state index in [1.807, 2.05) is 20.8 Å². The van der Waals surface area contributed by atoms with Gasteiger partial charge in [-0.15, -0.1) is 0 Å². The van der Waals surface area contributed by atoms with Gasteiger partial charge in [0.15, 0.2) is 0 Å². The zero-order valence-corrected chi connectivity index (χ0v) is 9.68. The second-order valence-electron chi connectivity index (χ2n) is 3.72. The molecule has 0 radical (unpaired) electrons. The van der Waals surface area contributed by atoms with Crippen molar-refractivity contribution in [2.24, 2.45) is 0 Å². The lowest BCUT2D eigenvalue weighted by atomic mass is 10.2. The van der Waals surface area contributed by atoms with Gasteiger partial charge in [-0.25, -0.2) is 9.59 Å². The lowest BCUT2D eigenvalue weighted by Crippen LogP contribution is -2.21. The molecule has 16 heavy (non-hydrogen) atoms. The standard InChI is InChI=1S/C6H12O2.C4H4O4/c1-5(7)8-6(2,3)4;5-3(6)1-2-4(7)8/h1-4H3;1-2H,(H,5,6)(H,7,8). The zero-order chi connectivity index (χ0) is 13.4. The largest absolute Gasteiger partial charge is 0.478 e. The van der Waals surface area contributed by atoms with Gasteiger partial charge in [-0.3, -0.25) is 4.79 Å². The molecule has 0 spiro atoms.